The molecule has 4 aromatic rings. The quantitative estimate of drug-likeness (QED) is 0.234. The van der Waals surface area contributed by atoms with Crippen LogP contribution in [0.1, 0.15) is 88.1 Å². The summed E-state index contributed by atoms with van der Waals surface area (Å²) in [6.45, 7) is 6.07. The number of aromatic nitrogens is 3. The number of piperazine rings is 1. The number of fused-ring (bicyclic) bond motifs is 2. The fourth-order valence-electron chi connectivity index (χ4n) is 9.26. The molecule has 1 atom stereocenters. The molecule has 1 aliphatic carbocycles. The number of hydrogen-bond acceptors (Lipinski definition) is 13. The number of ether oxygens (including phenoxy) is 1. The fourth-order valence-corrected chi connectivity index (χ4v) is 9.26. The van der Waals surface area contributed by atoms with Crippen LogP contribution in [0.2, 0.25) is 0 Å². The average Bonchev–Trinajstić information content (AvgIpc) is 3.52. The summed E-state index contributed by atoms with van der Waals surface area (Å²) >= 11 is 0. The number of hydrogen-bond donors (Lipinski definition) is 2. The number of imide groups is 2. The molecular weight excluding hydrogens is 765 g/mol. The van der Waals surface area contributed by atoms with E-state index in [4.69, 9.17) is 4.74 Å². The molecule has 5 aliphatic rings. The van der Waals surface area contributed by atoms with Crippen molar-refractivity contribution < 1.29 is 28.7 Å². The van der Waals surface area contributed by atoms with Gasteiger partial charge in [0.15, 0.2) is 0 Å². The lowest BCUT2D eigenvalue weighted by molar-refractivity contribution is -0.136. The fraction of sp³-hybridized carbons (Fsp3) is 0.432. The van der Waals surface area contributed by atoms with Gasteiger partial charge in [-0.1, -0.05) is 0 Å². The number of piperidine rings is 2. The average molecular weight is 811 g/mol. The van der Waals surface area contributed by atoms with Crippen molar-refractivity contribution in [2.75, 3.05) is 55.6 Å². The van der Waals surface area contributed by atoms with Crippen LogP contribution in [-0.4, -0.2) is 118 Å². The maximum absolute atomic E-state index is 13.3. The van der Waals surface area contributed by atoms with Gasteiger partial charge in [-0.25, -0.2) is 9.97 Å². The first kappa shape index (κ1) is 39.0. The van der Waals surface area contributed by atoms with Gasteiger partial charge in [0.05, 0.1) is 40.7 Å². The molecule has 16 heteroatoms. The second kappa shape index (κ2) is 16.6. The minimum atomic E-state index is -0.978. The number of pyridine rings is 1. The summed E-state index contributed by atoms with van der Waals surface area (Å²) in [5.74, 6) is -0.172. The zero-order valence-corrected chi connectivity index (χ0v) is 33.2. The molecule has 1 saturated carbocycles. The van der Waals surface area contributed by atoms with Crippen molar-refractivity contribution >= 4 is 51.9 Å². The highest BCUT2D eigenvalue weighted by Crippen LogP contribution is 2.33. The predicted octanol–water partition coefficient (Wildman–Crippen LogP) is 3.46. The molecule has 0 bridgehead atoms. The third-order valence-corrected chi connectivity index (χ3v) is 12.6. The minimum absolute atomic E-state index is 0.0112. The van der Waals surface area contributed by atoms with Crippen molar-refractivity contribution in [3.63, 3.8) is 0 Å². The van der Waals surface area contributed by atoms with Gasteiger partial charge in [-0.3, -0.25) is 44.1 Å². The number of nitriles is 1. The van der Waals surface area contributed by atoms with Crippen LogP contribution in [-0.2, 0) is 9.59 Å². The van der Waals surface area contributed by atoms with Gasteiger partial charge in [0, 0.05) is 75.5 Å². The molecular formula is C44H46N10O6. The maximum Gasteiger partial charge on any atom is 0.271 e. The Labute approximate surface area is 346 Å². The first-order valence-corrected chi connectivity index (χ1v) is 20.9. The van der Waals surface area contributed by atoms with E-state index in [0.717, 1.165) is 112 Å². The highest BCUT2D eigenvalue weighted by Gasteiger charge is 2.45. The van der Waals surface area contributed by atoms with Crippen molar-refractivity contribution in [2.45, 2.75) is 69.6 Å². The number of carbonyl (C=O) groups is 5. The highest BCUT2D eigenvalue weighted by atomic mass is 16.5. The van der Waals surface area contributed by atoms with Crippen LogP contribution >= 0.6 is 0 Å². The Morgan fingerprint density at radius 1 is 0.833 bits per heavy atom. The Morgan fingerprint density at radius 3 is 2.35 bits per heavy atom. The summed E-state index contributed by atoms with van der Waals surface area (Å²) < 4.78 is 6.35. The maximum atomic E-state index is 13.3. The number of carbonyl (C=O) groups excluding carboxylic acids is 5. The zero-order chi connectivity index (χ0) is 41.3. The van der Waals surface area contributed by atoms with Gasteiger partial charge in [-0.15, -0.1) is 0 Å². The third-order valence-electron chi connectivity index (χ3n) is 12.6. The predicted molar refractivity (Wildman–Crippen MR) is 219 cm³/mol. The molecule has 0 radical (unpaired) electrons. The van der Waals surface area contributed by atoms with Gasteiger partial charge in [-0.05, 0) is 93.3 Å². The van der Waals surface area contributed by atoms with E-state index in [2.05, 4.69) is 46.4 Å². The Balaban J connectivity index is 0.701. The summed E-state index contributed by atoms with van der Waals surface area (Å²) in [5, 5.41) is 15.6. The van der Waals surface area contributed by atoms with Crippen LogP contribution in [0.5, 0.6) is 5.75 Å². The molecule has 9 rings (SSSR count). The van der Waals surface area contributed by atoms with E-state index in [9.17, 15) is 29.2 Å². The van der Waals surface area contributed by atoms with E-state index < -0.39 is 29.7 Å². The van der Waals surface area contributed by atoms with Gasteiger partial charge in [0.2, 0.25) is 11.8 Å². The zero-order valence-electron chi connectivity index (χ0n) is 33.2. The van der Waals surface area contributed by atoms with Crippen LogP contribution in [0.4, 0.5) is 11.5 Å². The van der Waals surface area contributed by atoms with E-state index in [-0.39, 0.29) is 36.5 Å². The van der Waals surface area contributed by atoms with E-state index in [1.807, 2.05) is 24.3 Å². The van der Waals surface area contributed by atoms with E-state index in [0.29, 0.717) is 28.3 Å². The summed E-state index contributed by atoms with van der Waals surface area (Å²) in [6.07, 6.45) is 10.4. The Hall–Kier alpha value is -6.47. The molecule has 4 fully saturated rings. The lowest BCUT2D eigenvalue weighted by Gasteiger charge is -2.39. The number of benzene rings is 2. The molecule has 4 aliphatic heterocycles. The van der Waals surface area contributed by atoms with Crippen LogP contribution in [0.25, 0.3) is 10.9 Å². The smallest absolute Gasteiger partial charge is 0.271 e. The van der Waals surface area contributed by atoms with Crippen LogP contribution in [0.15, 0.2) is 61.1 Å². The minimum Gasteiger partial charge on any atom is -0.490 e. The number of amides is 5. The monoisotopic (exact) mass is 810 g/mol. The first-order valence-electron chi connectivity index (χ1n) is 20.9. The van der Waals surface area contributed by atoms with Crippen molar-refractivity contribution in [1.29, 1.82) is 5.26 Å². The van der Waals surface area contributed by atoms with E-state index >= 15 is 0 Å². The molecule has 16 nitrogen and oxygen atoms in total. The lowest BCUT2D eigenvalue weighted by atomic mass is 9.92. The molecule has 60 heavy (non-hydrogen) atoms. The summed E-state index contributed by atoms with van der Waals surface area (Å²) in [7, 11) is 0. The Bertz CT molecular complexity index is 2380. The molecule has 3 saturated heterocycles. The summed E-state index contributed by atoms with van der Waals surface area (Å²) in [4.78, 5) is 85.1. The van der Waals surface area contributed by atoms with Gasteiger partial charge >= 0.3 is 0 Å². The SMILES string of the molecule is N#Cc1ccc(O[C@H]2CC[C@H](NC(=O)c3cnc(N4CCC(CN5CCN(c6ccc7c(c6)C(=O)N(C6CCC(=O)NC6=O)C7=O)CC5)CC4)cn3)CC2)c2cccnc12. The molecule has 2 aromatic heterocycles. The lowest BCUT2D eigenvalue weighted by Crippen LogP contribution is -2.54. The first-order chi connectivity index (χ1) is 29.2. The third kappa shape index (κ3) is 7.84. The van der Waals surface area contributed by atoms with E-state index in [1.165, 1.54) is 0 Å². The van der Waals surface area contributed by atoms with Gasteiger partial charge < -0.3 is 19.9 Å². The Morgan fingerprint density at radius 2 is 1.62 bits per heavy atom. The van der Waals surface area contributed by atoms with Gasteiger partial charge in [-0.2, -0.15) is 5.26 Å². The van der Waals surface area contributed by atoms with E-state index in [1.54, 1.807) is 36.8 Å². The van der Waals surface area contributed by atoms with Gasteiger partial charge in [0.25, 0.3) is 17.7 Å². The largest absolute Gasteiger partial charge is 0.490 e. The van der Waals surface area contributed by atoms with Crippen molar-refractivity contribution in [1.82, 2.24) is 35.4 Å². The molecule has 6 heterocycles. The Kier molecular flexibility index (Phi) is 10.8. The molecule has 2 N–H and O–H groups in total. The summed E-state index contributed by atoms with van der Waals surface area (Å²) in [6, 6.07) is 13.9. The van der Waals surface area contributed by atoms with Crippen LogP contribution in [0.3, 0.4) is 0 Å². The highest BCUT2D eigenvalue weighted by molar-refractivity contribution is 6.23. The second-order valence-corrected chi connectivity index (χ2v) is 16.3. The van der Waals surface area contributed by atoms with Crippen LogP contribution in [0, 0.1) is 17.2 Å². The number of nitrogens with one attached hydrogen (secondary N) is 2. The summed E-state index contributed by atoms with van der Waals surface area (Å²) in [5.41, 5.74) is 2.92. The molecule has 1 unspecified atom stereocenters. The molecule has 0 spiro atoms. The number of nitrogens with zero attached hydrogens (tertiary/aromatic N) is 8. The molecule has 5 amide bonds. The molecule has 2 aromatic carbocycles. The van der Waals surface area contributed by atoms with Crippen molar-refractivity contribution in [2.24, 2.45) is 5.92 Å². The van der Waals surface area contributed by atoms with Crippen molar-refractivity contribution in [3.05, 3.63) is 83.4 Å². The van der Waals surface area contributed by atoms with Crippen molar-refractivity contribution in [3.8, 4) is 11.8 Å². The number of anilines is 2. The second-order valence-electron chi connectivity index (χ2n) is 16.3. The topological polar surface area (TPSA) is 194 Å². The van der Waals surface area contributed by atoms with Crippen LogP contribution < -0.4 is 25.2 Å². The molecule has 308 valence electrons. The standard InChI is InChI=1S/C44H46N10O6/c45-23-28-3-11-37(33-2-1-15-46-40(28)33)60-31-7-4-29(5-8-31)49-41(56)35-24-48-38(25-47-35)53-16-13-27(14-17-53)26-51-18-20-52(21-19-51)30-6-9-32-34(22-30)44(59)54(43(32)58)36-10-12-39(55)50-42(36)57/h1-3,6,9,11,15,22,24-25,27,29,31,36H,4-5,7-8,10,12-14,16-21,26H2,(H,49,56)(H,50,55,57)/t29-,31-,36?. The number of rotatable bonds is 9. The normalized spacial score (nSPS) is 22.7. The van der Waals surface area contributed by atoms with Gasteiger partial charge in [0.1, 0.15) is 29.4 Å².